The van der Waals surface area contributed by atoms with Gasteiger partial charge in [0.2, 0.25) is 0 Å². The molecule has 1 nitrogen and oxygen atoms in total. The summed E-state index contributed by atoms with van der Waals surface area (Å²) in [7, 11) is 0. The van der Waals surface area contributed by atoms with Crippen molar-refractivity contribution in [1.29, 1.82) is 0 Å². The second-order valence-electron chi connectivity index (χ2n) is 3.84. The number of rotatable bonds is 6. The molecule has 0 aromatic heterocycles. The molecule has 2 heteroatoms. The normalized spacial score (nSPS) is 19.2. The Kier molecular flexibility index (Phi) is 6.73. The Morgan fingerprint density at radius 1 is 1.23 bits per heavy atom. The van der Waals surface area contributed by atoms with Gasteiger partial charge in [0.25, 0.3) is 0 Å². The van der Waals surface area contributed by atoms with E-state index in [9.17, 15) is 0 Å². The lowest BCUT2D eigenvalue weighted by atomic mass is 10.0. The maximum Gasteiger partial charge on any atom is 0.00470 e. The molecule has 78 valence electrons. The lowest BCUT2D eigenvalue weighted by molar-refractivity contribution is 0.516. The molecule has 0 saturated heterocycles. The maximum absolute atomic E-state index is 3.37. The smallest absolute Gasteiger partial charge is 0.00470 e. The van der Waals surface area contributed by atoms with Crippen molar-refractivity contribution >= 4 is 11.8 Å². The Labute approximate surface area is 87.1 Å². The van der Waals surface area contributed by atoms with Gasteiger partial charge in [-0.25, -0.2) is 0 Å². The third-order valence-electron chi connectivity index (χ3n) is 2.65. The maximum atomic E-state index is 3.37. The van der Waals surface area contributed by atoms with Crippen LogP contribution in [-0.4, -0.2) is 24.1 Å². The fourth-order valence-electron chi connectivity index (χ4n) is 1.86. The number of hydrogen-bond donors (Lipinski definition) is 1. The number of hydrogen-bond acceptors (Lipinski definition) is 2. The second kappa shape index (κ2) is 7.69. The van der Waals surface area contributed by atoms with Gasteiger partial charge < -0.3 is 5.32 Å². The summed E-state index contributed by atoms with van der Waals surface area (Å²) in [6, 6.07) is 0. The molecule has 1 N–H and O–H groups in total. The Morgan fingerprint density at radius 2 is 2.00 bits per heavy atom. The molecule has 0 atom stereocenters. The summed E-state index contributed by atoms with van der Waals surface area (Å²) >= 11 is 2.21. The van der Waals surface area contributed by atoms with Gasteiger partial charge in [-0.3, -0.25) is 0 Å². The fraction of sp³-hybridized carbons (Fsp3) is 1.00. The molecule has 0 aromatic carbocycles. The van der Waals surface area contributed by atoms with Crippen LogP contribution in [0, 0.1) is 0 Å². The summed E-state index contributed by atoms with van der Waals surface area (Å²) in [6.45, 7) is 4.50. The van der Waals surface area contributed by atoms with E-state index in [0.717, 1.165) is 11.8 Å². The van der Waals surface area contributed by atoms with Crippen LogP contribution in [0.1, 0.15) is 45.4 Å². The Hall–Kier alpha value is 0.310. The van der Waals surface area contributed by atoms with Crippen molar-refractivity contribution in [3.8, 4) is 0 Å². The van der Waals surface area contributed by atoms with E-state index in [1.54, 1.807) is 0 Å². The van der Waals surface area contributed by atoms with Crippen LogP contribution in [0.4, 0.5) is 0 Å². The van der Waals surface area contributed by atoms with Crippen LogP contribution in [0.5, 0.6) is 0 Å². The zero-order chi connectivity index (χ0) is 9.36. The van der Waals surface area contributed by atoms with Gasteiger partial charge in [0.15, 0.2) is 0 Å². The molecule has 13 heavy (non-hydrogen) atoms. The molecule has 1 aliphatic carbocycles. The van der Waals surface area contributed by atoms with Crippen LogP contribution in [0.2, 0.25) is 0 Å². The Morgan fingerprint density at radius 3 is 2.69 bits per heavy atom. The highest BCUT2D eigenvalue weighted by atomic mass is 32.2. The minimum atomic E-state index is 0.996. The number of nitrogens with one attached hydrogen (secondary N) is 1. The first-order valence-corrected chi connectivity index (χ1v) is 6.80. The third-order valence-corrected chi connectivity index (χ3v) is 4.12. The standard InChI is InChI=1S/C11H23NS/c1-2-12-9-6-10-13-11-7-4-3-5-8-11/h11-12H,2-10H2,1H3. The van der Waals surface area contributed by atoms with Crippen LogP contribution >= 0.6 is 11.8 Å². The molecular weight excluding hydrogens is 178 g/mol. The molecular formula is C11H23NS. The van der Waals surface area contributed by atoms with E-state index in [1.807, 2.05) is 0 Å². The summed E-state index contributed by atoms with van der Waals surface area (Å²) in [5.41, 5.74) is 0. The first-order valence-electron chi connectivity index (χ1n) is 5.76. The van der Waals surface area contributed by atoms with E-state index in [4.69, 9.17) is 0 Å². The molecule has 0 bridgehead atoms. The molecule has 0 amide bonds. The van der Waals surface area contributed by atoms with Crippen molar-refractivity contribution in [3.05, 3.63) is 0 Å². The van der Waals surface area contributed by atoms with E-state index < -0.39 is 0 Å². The average molecular weight is 201 g/mol. The highest BCUT2D eigenvalue weighted by molar-refractivity contribution is 7.99. The van der Waals surface area contributed by atoms with Gasteiger partial charge >= 0.3 is 0 Å². The predicted octanol–water partition coefficient (Wildman–Crippen LogP) is 3.05. The SMILES string of the molecule is CCNCCCSC1CCCCC1. The molecule has 0 radical (unpaired) electrons. The Bertz CT molecular complexity index is 111. The van der Waals surface area contributed by atoms with E-state index >= 15 is 0 Å². The minimum Gasteiger partial charge on any atom is -0.317 e. The molecule has 1 saturated carbocycles. The topological polar surface area (TPSA) is 12.0 Å². The van der Waals surface area contributed by atoms with E-state index in [0.29, 0.717) is 0 Å². The van der Waals surface area contributed by atoms with Gasteiger partial charge in [-0.1, -0.05) is 26.2 Å². The molecule has 1 aliphatic rings. The highest BCUT2D eigenvalue weighted by Crippen LogP contribution is 2.28. The van der Waals surface area contributed by atoms with Crippen LogP contribution < -0.4 is 5.32 Å². The van der Waals surface area contributed by atoms with Crippen molar-refractivity contribution in [3.63, 3.8) is 0 Å². The summed E-state index contributed by atoms with van der Waals surface area (Å²) in [5.74, 6) is 1.36. The van der Waals surface area contributed by atoms with Crippen LogP contribution in [0.15, 0.2) is 0 Å². The van der Waals surface area contributed by atoms with Crippen molar-refractivity contribution in [2.75, 3.05) is 18.8 Å². The van der Waals surface area contributed by atoms with Gasteiger partial charge in [-0.2, -0.15) is 11.8 Å². The monoisotopic (exact) mass is 201 g/mol. The summed E-state index contributed by atoms with van der Waals surface area (Å²) in [5, 5.41) is 4.37. The van der Waals surface area contributed by atoms with Gasteiger partial charge in [0, 0.05) is 5.25 Å². The largest absolute Gasteiger partial charge is 0.317 e. The first kappa shape index (κ1) is 11.4. The molecule has 0 aromatic rings. The molecule has 1 rings (SSSR count). The van der Waals surface area contributed by atoms with E-state index in [2.05, 4.69) is 24.0 Å². The van der Waals surface area contributed by atoms with Gasteiger partial charge in [-0.15, -0.1) is 0 Å². The number of thioether (sulfide) groups is 1. The lowest BCUT2D eigenvalue weighted by Gasteiger charge is -2.20. The molecule has 0 heterocycles. The highest BCUT2D eigenvalue weighted by Gasteiger charge is 2.12. The molecule has 0 spiro atoms. The second-order valence-corrected chi connectivity index (χ2v) is 5.25. The summed E-state index contributed by atoms with van der Waals surface area (Å²) < 4.78 is 0. The van der Waals surface area contributed by atoms with Crippen molar-refractivity contribution in [2.24, 2.45) is 0 Å². The zero-order valence-electron chi connectivity index (χ0n) is 8.85. The first-order chi connectivity index (χ1) is 6.43. The fourth-order valence-corrected chi connectivity index (χ4v) is 3.17. The van der Waals surface area contributed by atoms with Crippen molar-refractivity contribution in [1.82, 2.24) is 5.32 Å². The lowest BCUT2D eigenvalue weighted by Crippen LogP contribution is -2.15. The zero-order valence-corrected chi connectivity index (χ0v) is 9.67. The molecule has 0 unspecified atom stereocenters. The molecule has 0 aliphatic heterocycles. The van der Waals surface area contributed by atoms with E-state index in [1.165, 1.54) is 50.8 Å². The third kappa shape index (κ3) is 5.58. The van der Waals surface area contributed by atoms with Gasteiger partial charge in [-0.05, 0) is 38.1 Å². The quantitative estimate of drug-likeness (QED) is 0.663. The van der Waals surface area contributed by atoms with Crippen molar-refractivity contribution in [2.45, 2.75) is 50.7 Å². The van der Waals surface area contributed by atoms with Crippen LogP contribution in [-0.2, 0) is 0 Å². The predicted molar refractivity (Wildman–Crippen MR) is 62.5 cm³/mol. The summed E-state index contributed by atoms with van der Waals surface area (Å²) in [6.07, 6.45) is 8.73. The molecule has 1 fully saturated rings. The van der Waals surface area contributed by atoms with Crippen molar-refractivity contribution < 1.29 is 0 Å². The average Bonchev–Trinajstić information content (AvgIpc) is 2.19. The van der Waals surface area contributed by atoms with Gasteiger partial charge in [0.05, 0.1) is 0 Å². The van der Waals surface area contributed by atoms with Crippen LogP contribution in [0.25, 0.3) is 0 Å². The van der Waals surface area contributed by atoms with Crippen LogP contribution in [0.3, 0.4) is 0 Å². The Balaban J connectivity index is 1.86. The van der Waals surface area contributed by atoms with E-state index in [-0.39, 0.29) is 0 Å². The summed E-state index contributed by atoms with van der Waals surface area (Å²) in [4.78, 5) is 0. The minimum absolute atomic E-state index is 0.996. The van der Waals surface area contributed by atoms with Gasteiger partial charge in [0.1, 0.15) is 0 Å².